The number of nitro groups is 2. The molecule has 0 amide bonds. The van der Waals surface area contributed by atoms with Crippen LogP contribution in [0.4, 0.5) is 11.4 Å². The molecule has 0 aromatic heterocycles. The summed E-state index contributed by atoms with van der Waals surface area (Å²) in [6.45, 7) is 0. The average Bonchev–Trinajstić information content (AvgIpc) is 2.53. The molecule has 0 spiro atoms. The Morgan fingerprint density at radius 3 is 1.31 bits per heavy atom. The number of hydrogen-bond acceptors (Lipinski definition) is 8. The molecule has 0 heterocycles. The van der Waals surface area contributed by atoms with Crippen LogP contribution >= 0.6 is 10.7 Å². The predicted molar refractivity (Wildman–Crippen MR) is 108 cm³/mol. The van der Waals surface area contributed by atoms with E-state index in [1.807, 2.05) is 0 Å². The van der Waals surface area contributed by atoms with Crippen LogP contribution < -0.4 is 5.14 Å². The molecule has 160 valence electrons. The van der Waals surface area contributed by atoms with Crippen LogP contribution in [0.15, 0.2) is 48.5 Å². The van der Waals surface area contributed by atoms with Crippen molar-refractivity contribution in [3.05, 3.63) is 79.9 Å². The lowest BCUT2D eigenvalue weighted by Gasteiger charge is -1.97. The summed E-state index contributed by atoms with van der Waals surface area (Å²) in [5.41, 5.74) is 0.688. The molecular formula is C15H18ClN3O8S2. The Morgan fingerprint density at radius 2 is 1.07 bits per heavy atom. The molecule has 11 nitrogen and oxygen atoms in total. The lowest BCUT2D eigenvalue weighted by molar-refractivity contribution is -0.385. The van der Waals surface area contributed by atoms with Gasteiger partial charge in [-0.3, -0.25) is 20.2 Å². The van der Waals surface area contributed by atoms with Gasteiger partial charge in [-0.25, -0.2) is 22.0 Å². The van der Waals surface area contributed by atoms with Crippen molar-refractivity contribution < 1.29 is 26.7 Å². The standard InChI is InChI=1S/C7H6ClNO4S.C7H8N2O4S.CH4/c2*8-14(12,13)5-6-1-3-7(4-2-6)9(10)11;/h1-4H,5H2;1-4H,5H2,(H2,8,12,13);1H4. The summed E-state index contributed by atoms with van der Waals surface area (Å²) >= 11 is 0. The number of nitrogens with zero attached hydrogens (tertiary/aromatic N) is 2. The normalized spacial score (nSPS) is 10.8. The molecule has 0 atom stereocenters. The zero-order valence-corrected chi connectivity index (χ0v) is 16.4. The molecule has 0 aliphatic heterocycles. The molecule has 0 radical (unpaired) electrons. The number of nitro benzene ring substituents is 2. The number of hydrogen-bond donors (Lipinski definition) is 1. The zero-order valence-electron chi connectivity index (χ0n) is 14.0. The Morgan fingerprint density at radius 1 is 0.759 bits per heavy atom. The van der Waals surface area contributed by atoms with E-state index in [2.05, 4.69) is 0 Å². The van der Waals surface area contributed by atoms with Crippen LogP contribution in [0.5, 0.6) is 0 Å². The van der Waals surface area contributed by atoms with Crippen molar-refractivity contribution in [3.8, 4) is 0 Å². The SMILES string of the molecule is C.NS(=O)(=O)Cc1ccc([N+](=O)[O-])cc1.O=[N+]([O-])c1ccc(CS(=O)(=O)Cl)cc1. The van der Waals surface area contributed by atoms with E-state index in [1.165, 1.54) is 48.5 Å². The summed E-state index contributed by atoms with van der Waals surface area (Å²) in [6, 6.07) is 10.4. The smallest absolute Gasteiger partial charge is 0.258 e. The van der Waals surface area contributed by atoms with Crippen molar-refractivity contribution in [2.45, 2.75) is 18.9 Å². The molecule has 0 unspecified atom stereocenters. The number of non-ortho nitro benzene ring substituents is 2. The van der Waals surface area contributed by atoms with Gasteiger partial charge in [-0.15, -0.1) is 0 Å². The lowest BCUT2D eigenvalue weighted by Crippen LogP contribution is -2.14. The van der Waals surface area contributed by atoms with Gasteiger partial charge >= 0.3 is 0 Å². The quantitative estimate of drug-likeness (QED) is 0.382. The second-order valence-electron chi connectivity index (χ2n) is 5.34. The summed E-state index contributed by atoms with van der Waals surface area (Å²) in [5, 5.41) is 25.3. The van der Waals surface area contributed by atoms with E-state index in [0.717, 1.165) is 0 Å². The summed E-state index contributed by atoms with van der Waals surface area (Å²) in [7, 11) is -2.18. The molecule has 0 aliphatic carbocycles. The zero-order chi connectivity index (χ0) is 21.5. The highest BCUT2D eigenvalue weighted by atomic mass is 35.7. The van der Waals surface area contributed by atoms with E-state index < -0.39 is 28.9 Å². The summed E-state index contributed by atoms with van der Waals surface area (Å²) in [5.74, 6) is -0.641. The number of rotatable bonds is 6. The monoisotopic (exact) mass is 467 g/mol. The van der Waals surface area contributed by atoms with Gasteiger partial charge in [0.05, 0.1) is 21.4 Å². The maximum absolute atomic E-state index is 10.7. The third kappa shape index (κ3) is 11.1. The number of primary sulfonamides is 1. The summed E-state index contributed by atoms with van der Waals surface area (Å²) in [6.07, 6.45) is 0. The fraction of sp³-hybridized carbons (Fsp3) is 0.200. The number of nitrogens with two attached hydrogens (primary N) is 1. The first-order valence-corrected chi connectivity index (χ1v) is 11.4. The molecular weight excluding hydrogens is 450 g/mol. The second kappa shape index (κ2) is 10.8. The minimum Gasteiger partial charge on any atom is -0.258 e. The fourth-order valence-corrected chi connectivity index (χ4v) is 3.48. The van der Waals surface area contributed by atoms with Crippen molar-refractivity contribution in [3.63, 3.8) is 0 Å². The maximum atomic E-state index is 10.7. The van der Waals surface area contributed by atoms with Gasteiger partial charge in [0.1, 0.15) is 0 Å². The van der Waals surface area contributed by atoms with Gasteiger partial charge in [0, 0.05) is 34.9 Å². The van der Waals surface area contributed by atoms with Gasteiger partial charge in [0.2, 0.25) is 19.1 Å². The number of sulfonamides is 1. The Bertz CT molecular complexity index is 966. The topological polar surface area (TPSA) is 181 Å². The number of halogens is 1. The molecule has 0 saturated carbocycles. The van der Waals surface area contributed by atoms with E-state index in [0.29, 0.717) is 11.1 Å². The Labute approximate surface area is 171 Å². The van der Waals surface area contributed by atoms with Crippen LogP contribution in [0, 0.1) is 20.2 Å². The first-order valence-electron chi connectivity index (χ1n) is 7.16. The van der Waals surface area contributed by atoms with Gasteiger partial charge in [0.15, 0.2) is 0 Å². The minimum atomic E-state index is -3.61. The van der Waals surface area contributed by atoms with Gasteiger partial charge in [-0.05, 0) is 11.1 Å². The van der Waals surface area contributed by atoms with Crippen molar-refractivity contribution in [2.75, 3.05) is 0 Å². The lowest BCUT2D eigenvalue weighted by atomic mass is 10.2. The first-order chi connectivity index (χ1) is 12.8. The molecule has 2 rings (SSSR count). The highest BCUT2D eigenvalue weighted by molar-refractivity contribution is 8.13. The third-order valence-electron chi connectivity index (χ3n) is 3.00. The fourth-order valence-electron chi connectivity index (χ4n) is 1.86. The predicted octanol–water partition coefficient (Wildman–Crippen LogP) is 2.68. The van der Waals surface area contributed by atoms with E-state index in [9.17, 15) is 37.1 Å². The highest BCUT2D eigenvalue weighted by Crippen LogP contribution is 2.15. The van der Waals surface area contributed by atoms with Crippen LogP contribution in [0.1, 0.15) is 18.6 Å². The molecule has 0 saturated heterocycles. The largest absolute Gasteiger partial charge is 0.269 e. The van der Waals surface area contributed by atoms with E-state index >= 15 is 0 Å². The molecule has 2 aromatic carbocycles. The average molecular weight is 468 g/mol. The minimum absolute atomic E-state index is 0. The van der Waals surface area contributed by atoms with Gasteiger partial charge in [0.25, 0.3) is 11.4 Å². The van der Waals surface area contributed by atoms with Crippen LogP contribution in [0.25, 0.3) is 0 Å². The molecule has 29 heavy (non-hydrogen) atoms. The molecule has 0 bridgehead atoms. The van der Waals surface area contributed by atoms with Crippen LogP contribution in [-0.4, -0.2) is 26.7 Å². The van der Waals surface area contributed by atoms with Crippen molar-refractivity contribution >= 4 is 41.1 Å². The number of benzene rings is 2. The third-order valence-corrected chi connectivity index (χ3v) is 4.74. The maximum Gasteiger partial charge on any atom is 0.269 e. The second-order valence-corrected chi connectivity index (χ2v) is 9.73. The molecule has 0 aliphatic rings. The Balaban J connectivity index is 0.000000523. The Kier molecular flexibility index (Phi) is 9.83. The van der Waals surface area contributed by atoms with E-state index in [1.54, 1.807) is 0 Å². The first kappa shape index (κ1) is 26.4. The highest BCUT2D eigenvalue weighted by Gasteiger charge is 2.09. The van der Waals surface area contributed by atoms with Crippen LogP contribution in [0.3, 0.4) is 0 Å². The van der Waals surface area contributed by atoms with Crippen LogP contribution in [-0.2, 0) is 30.6 Å². The molecule has 2 aromatic rings. The van der Waals surface area contributed by atoms with E-state index in [-0.39, 0.29) is 30.3 Å². The summed E-state index contributed by atoms with van der Waals surface area (Å²) in [4.78, 5) is 19.4. The van der Waals surface area contributed by atoms with Crippen molar-refractivity contribution in [1.29, 1.82) is 0 Å². The molecule has 14 heteroatoms. The Hall–Kier alpha value is -2.61. The van der Waals surface area contributed by atoms with Crippen molar-refractivity contribution in [1.82, 2.24) is 0 Å². The van der Waals surface area contributed by atoms with Gasteiger partial charge in [-0.2, -0.15) is 0 Å². The van der Waals surface area contributed by atoms with Crippen LogP contribution in [0.2, 0.25) is 0 Å². The van der Waals surface area contributed by atoms with Gasteiger partial charge < -0.3 is 0 Å². The van der Waals surface area contributed by atoms with E-state index in [4.69, 9.17) is 15.8 Å². The van der Waals surface area contributed by atoms with Gasteiger partial charge in [-0.1, -0.05) is 31.7 Å². The molecule has 0 fully saturated rings. The van der Waals surface area contributed by atoms with Crippen molar-refractivity contribution in [2.24, 2.45) is 5.14 Å². The summed E-state index contributed by atoms with van der Waals surface area (Å²) < 4.78 is 42.6. The molecule has 2 N–H and O–H groups in total.